The SMILES string of the molecule is Cc1ccc(I)c(C(=O)N2CCCC(C)(C(=O)O)C2)c1. The smallest absolute Gasteiger partial charge is 0.311 e. The van der Waals surface area contributed by atoms with E-state index in [2.05, 4.69) is 22.6 Å². The molecule has 20 heavy (non-hydrogen) atoms. The molecule has 4 nitrogen and oxygen atoms in total. The molecule has 0 saturated carbocycles. The minimum Gasteiger partial charge on any atom is -0.481 e. The fraction of sp³-hybridized carbons (Fsp3) is 0.467. The van der Waals surface area contributed by atoms with Crippen LogP contribution in [0.15, 0.2) is 18.2 Å². The topological polar surface area (TPSA) is 57.6 Å². The molecule has 108 valence electrons. The van der Waals surface area contributed by atoms with Gasteiger partial charge in [0.2, 0.25) is 0 Å². The van der Waals surface area contributed by atoms with Crippen LogP contribution in [0.1, 0.15) is 35.7 Å². The van der Waals surface area contributed by atoms with Crippen molar-refractivity contribution >= 4 is 34.5 Å². The Bertz CT molecular complexity index is 558. The van der Waals surface area contributed by atoms with E-state index in [4.69, 9.17) is 0 Å². The van der Waals surface area contributed by atoms with Crippen LogP contribution in [0.5, 0.6) is 0 Å². The van der Waals surface area contributed by atoms with Crippen molar-refractivity contribution in [2.45, 2.75) is 26.7 Å². The van der Waals surface area contributed by atoms with Gasteiger partial charge in [-0.3, -0.25) is 9.59 Å². The van der Waals surface area contributed by atoms with Crippen LogP contribution in [0, 0.1) is 15.9 Å². The summed E-state index contributed by atoms with van der Waals surface area (Å²) in [6.45, 7) is 4.58. The Balaban J connectivity index is 2.25. The van der Waals surface area contributed by atoms with E-state index in [0.29, 0.717) is 18.5 Å². The maximum Gasteiger partial charge on any atom is 0.311 e. The van der Waals surface area contributed by atoms with Crippen molar-refractivity contribution in [3.05, 3.63) is 32.9 Å². The van der Waals surface area contributed by atoms with E-state index in [-0.39, 0.29) is 12.5 Å². The quantitative estimate of drug-likeness (QED) is 0.794. The first kappa shape index (κ1) is 15.3. The van der Waals surface area contributed by atoms with Crippen molar-refractivity contribution in [2.75, 3.05) is 13.1 Å². The van der Waals surface area contributed by atoms with Crippen LogP contribution in [-0.2, 0) is 4.79 Å². The summed E-state index contributed by atoms with van der Waals surface area (Å²) in [7, 11) is 0. The largest absolute Gasteiger partial charge is 0.481 e. The number of amides is 1. The molecule has 0 aliphatic carbocycles. The Labute approximate surface area is 132 Å². The van der Waals surface area contributed by atoms with Gasteiger partial charge in [0, 0.05) is 16.7 Å². The molecular weight excluding hydrogens is 369 g/mol. The molecule has 5 heteroatoms. The van der Waals surface area contributed by atoms with E-state index in [1.165, 1.54) is 0 Å². The van der Waals surface area contributed by atoms with Gasteiger partial charge in [-0.05, 0) is 61.4 Å². The first-order valence-electron chi connectivity index (χ1n) is 6.62. The van der Waals surface area contributed by atoms with E-state index in [0.717, 1.165) is 15.6 Å². The summed E-state index contributed by atoms with van der Waals surface area (Å²) in [5.74, 6) is -0.890. The molecule has 0 radical (unpaired) electrons. The Morgan fingerprint density at radius 1 is 1.40 bits per heavy atom. The zero-order valence-corrected chi connectivity index (χ0v) is 13.8. The maximum atomic E-state index is 12.6. The van der Waals surface area contributed by atoms with Gasteiger partial charge in [-0.1, -0.05) is 11.6 Å². The summed E-state index contributed by atoms with van der Waals surface area (Å²) < 4.78 is 0.904. The number of carboxylic acids is 1. The first-order valence-corrected chi connectivity index (χ1v) is 7.70. The molecule has 1 unspecified atom stereocenters. The van der Waals surface area contributed by atoms with Gasteiger partial charge >= 0.3 is 5.97 Å². The number of carbonyl (C=O) groups excluding carboxylic acids is 1. The lowest BCUT2D eigenvalue weighted by atomic mass is 9.82. The Kier molecular flexibility index (Phi) is 4.36. The van der Waals surface area contributed by atoms with E-state index in [9.17, 15) is 14.7 Å². The molecule has 1 saturated heterocycles. The van der Waals surface area contributed by atoms with Gasteiger partial charge in [0.25, 0.3) is 5.91 Å². The Morgan fingerprint density at radius 3 is 2.75 bits per heavy atom. The molecule has 1 aliphatic rings. The Morgan fingerprint density at radius 2 is 2.10 bits per heavy atom. The van der Waals surface area contributed by atoms with E-state index in [1.54, 1.807) is 11.8 Å². The standard InChI is InChI=1S/C15H18INO3/c1-10-4-5-12(16)11(8-10)13(18)17-7-3-6-15(2,9-17)14(19)20/h4-5,8H,3,6-7,9H2,1-2H3,(H,19,20). The van der Waals surface area contributed by atoms with Crippen LogP contribution < -0.4 is 0 Å². The number of piperidine rings is 1. The van der Waals surface area contributed by atoms with Crippen LogP contribution in [0.4, 0.5) is 0 Å². The highest BCUT2D eigenvalue weighted by Crippen LogP contribution is 2.31. The molecule has 1 N–H and O–H groups in total. The van der Waals surface area contributed by atoms with Gasteiger partial charge in [-0.25, -0.2) is 0 Å². The first-order chi connectivity index (χ1) is 9.33. The zero-order valence-electron chi connectivity index (χ0n) is 11.6. The van der Waals surface area contributed by atoms with Crippen molar-refractivity contribution in [1.82, 2.24) is 4.90 Å². The molecule has 1 aromatic rings. The van der Waals surface area contributed by atoms with Crippen LogP contribution in [-0.4, -0.2) is 35.0 Å². The van der Waals surface area contributed by atoms with Gasteiger partial charge in [-0.2, -0.15) is 0 Å². The number of hydrogen-bond donors (Lipinski definition) is 1. The lowest BCUT2D eigenvalue weighted by molar-refractivity contribution is -0.150. The lowest BCUT2D eigenvalue weighted by Gasteiger charge is -2.37. The van der Waals surface area contributed by atoms with E-state index >= 15 is 0 Å². The third kappa shape index (κ3) is 2.97. The molecule has 1 atom stereocenters. The van der Waals surface area contributed by atoms with Gasteiger partial charge < -0.3 is 10.0 Å². The van der Waals surface area contributed by atoms with Crippen molar-refractivity contribution in [3.63, 3.8) is 0 Å². The molecule has 1 amide bonds. The summed E-state index contributed by atoms with van der Waals surface area (Å²) in [5, 5.41) is 9.33. The van der Waals surface area contributed by atoms with Gasteiger partial charge in [0.1, 0.15) is 0 Å². The number of nitrogens with zero attached hydrogens (tertiary/aromatic N) is 1. The minimum atomic E-state index is -0.830. The summed E-state index contributed by atoms with van der Waals surface area (Å²) in [4.78, 5) is 25.6. The molecule has 1 heterocycles. The average molecular weight is 387 g/mol. The predicted molar refractivity (Wildman–Crippen MR) is 84.8 cm³/mol. The molecule has 1 aliphatic heterocycles. The highest BCUT2D eigenvalue weighted by atomic mass is 127. The van der Waals surface area contributed by atoms with Crippen LogP contribution in [0.25, 0.3) is 0 Å². The molecule has 2 rings (SSSR count). The molecule has 1 fully saturated rings. The average Bonchev–Trinajstić information content (AvgIpc) is 2.40. The summed E-state index contributed by atoms with van der Waals surface area (Å²) >= 11 is 2.15. The summed E-state index contributed by atoms with van der Waals surface area (Å²) in [6.07, 6.45) is 1.36. The third-order valence-electron chi connectivity index (χ3n) is 3.85. The van der Waals surface area contributed by atoms with Crippen molar-refractivity contribution < 1.29 is 14.7 Å². The fourth-order valence-electron chi connectivity index (χ4n) is 2.56. The number of aryl methyl sites for hydroxylation is 1. The summed E-state index contributed by atoms with van der Waals surface area (Å²) in [6, 6.07) is 5.76. The van der Waals surface area contributed by atoms with Gasteiger partial charge in [-0.15, -0.1) is 0 Å². The van der Waals surface area contributed by atoms with Crippen LogP contribution in [0.2, 0.25) is 0 Å². The lowest BCUT2D eigenvalue weighted by Crippen LogP contribution is -2.48. The number of rotatable bonds is 2. The fourth-order valence-corrected chi connectivity index (χ4v) is 3.13. The number of hydrogen-bond acceptors (Lipinski definition) is 2. The number of benzene rings is 1. The maximum absolute atomic E-state index is 12.6. The highest BCUT2D eigenvalue weighted by Gasteiger charge is 2.39. The molecule has 1 aromatic carbocycles. The van der Waals surface area contributed by atoms with Gasteiger partial charge in [0.15, 0.2) is 0 Å². The second kappa shape index (κ2) is 5.71. The predicted octanol–water partition coefficient (Wildman–Crippen LogP) is 2.93. The third-order valence-corrected chi connectivity index (χ3v) is 4.79. The number of halogens is 1. The second-order valence-electron chi connectivity index (χ2n) is 5.68. The highest BCUT2D eigenvalue weighted by molar-refractivity contribution is 14.1. The molecule has 0 aromatic heterocycles. The second-order valence-corrected chi connectivity index (χ2v) is 6.84. The van der Waals surface area contributed by atoms with Crippen molar-refractivity contribution in [3.8, 4) is 0 Å². The monoisotopic (exact) mass is 387 g/mol. The van der Waals surface area contributed by atoms with Gasteiger partial charge in [0.05, 0.1) is 11.0 Å². The zero-order chi connectivity index (χ0) is 14.9. The van der Waals surface area contributed by atoms with E-state index < -0.39 is 11.4 Å². The van der Waals surface area contributed by atoms with Crippen molar-refractivity contribution in [1.29, 1.82) is 0 Å². The molecule has 0 bridgehead atoms. The normalized spacial score (nSPS) is 22.6. The summed E-state index contributed by atoms with van der Waals surface area (Å²) in [5.41, 5.74) is 0.871. The molecule has 0 spiro atoms. The Hall–Kier alpha value is -1.11. The number of aliphatic carboxylic acids is 1. The minimum absolute atomic E-state index is 0.0646. The number of likely N-dealkylation sites (tertiary alicyclic amines) is 1. The van der Waals surface area contributed by atoms with Crippen LogP contribution >= 0.6 is 22.6 Å². The van der Waals surface area contributed by atoms with Crippen molar-refractivity contribution in [2.24, 2.45) is 5.41 Å². The number of carboxylic acid groups (broad SMARTS) is 1. The van der Waals surface area contributed by atoms with E-state index in [1.807, 2.05) is 25.1 Å². The van der Waals surface area contributed by atoms with Crippen LogP contribution in [0.3, 0.4) is 0 Å². The molecular formula is C15H18INO3. The number of carbonyl (C=O) groups is 2.